The zero-order valence-electron chi connectivity index (χ0n) is 69.5. The largest absolute Gasteiger partial charge is 0.748 e. The maximum Gasteiger partial charge on any atom is 0.345 e. The number of hydrogen-bond acceptors (Lipinski definition) is 30. The molecule has 0 spiro atoms. The Morgan fingerprint density at radius 2 is 1.00 bits per heavy atom. The smallest absolute Gasteiger partial charge is 0.345 e. The van der Waals surface area contributed by atoms with Gasteiger partial charge < -0.3 is 125 Å². The number of aromatic nitrogens is 1. The number of methoxy groups -OCH3 is 4. The molecular formula is C84H124N4O29S. The van der Waals surface area contributed by atoms with Crippen LogP contribution in [0.2, 0.25) is 0 Å². The van der Waals surface area contributed by atoms with E-state index in [2.05, 4.69) is 22.7 Å². The van der Waals surface area contributed by atoms with Gasteiger partial charge in [-0.2, -0.15) is 4.57 Å². The Balaban J connectivity index is 0.825. The number of benzene rings is 4. The molecule has 5 unspecified atom stereocenters. The van der Waals surface area contributed by atoms with E-state index in [1.165, 1.54) is 0 Å². The molecule has 0 bridgehead atoms. The highest BCUT2D eigenvalue weighted by atomic mass is 32.2. The second kappa shape index (κ2) is 53.7. The summed E-state index contributed by atoms with van der Waals surface area (Å²) in [7, 11) is 1.71. The second-order valence-electron chi connectivity index (χ2n) is 29.0. The van der Waals surface area contributed by atoms with E-state index in [0.717, 1.165) is 36.8 Å². The Kier molecular flexibility index (Phi) is 43.9. The topological polar surface area (TPSA) is 383 Å². The summed E-state index contributed by atoms with van der Waals surface area (Å²) < 4.78 is 153. The number of carbonyl (C=O) groups is 3. The number of aliphatic hydroxyl groups is 1. The van der Waals surface area contributed by atoms with Crippen LogP contribution in [0.3, 0.4) is 0 Å². The molecule has 0 radical (unpaired) electrons. The summed E-state index contributed by atoms with van der Waals surface area (Å²) in [5.41, 5.74) is 4.85. The third-order valence-corrected chi connectivity index (χ3v) is 21.3. The lowest BCUT2D eigenvalue weighted by Crippen LogP contribution is -2.45. The van der Waals surface area contributed by atoms with Gasteiger partial charge in [-0.1, -0.05) is 18.1 Å². The summed E-state index contributed by atoms with van der Waals surface area (Å²) in [6.07, 6.45) is 2.59. The van der Waals surface area contributed by atoms with E-state index in [1.807, 2.05) is 10.6 Å². The van der Waals surface area contributed by atoms with Crippen LogP contribution in [0.4, 0.5) is 0 Å². The van der Waals surface area contributed by atoms with Crippen LogP contribution < -0.4 is 29.4 Å². The Bertz CT molecular complexity index is 3790. The van der Waals surface area contributed by atoms with E-state index in [9.17, 15) is 32.8 Å². The van der Waals surface area contributed by atoms with Gasteiger partial charge in [0.1, 0.15) is 35.2 Å². The van der Waals surface area contributed by atoms with Crippen LogP contribution in [0, 0.1) is 31.1 Å². The molecule has 118 heavy (non-hydrogen) atoms. The number of phenolic OH excluding ortho intramolecular Hbond substituents is 1. The van der Waals surface area contributed by atoms with Crippen molar-refractivity contribution in [3.05, 3.63) is 100 Å². The van der Waals surface area contributed by atoms with Gasteiger partial charge in [-0.3, -0.25) is 9.59 Å². The normalized spacial score (nSPS) is 17.5. The lowest BCUT2D eigenvalue weighted by atomic mass is 9.55. The van der Waals surface area contributed by atoms with E-state index in [4.69, 9.17) is 99.6 Å². The number of pyridine rings is 1. The van der Waals surface area contributed by atoms with Gasteiger partial charge in [0.05, 0.1) is 236 Å². The van der Waals surface area contributed by atoms with E-state index in [0.29, 0.717) is 205 Å². The monoisotopic (exact) mass is 1680 g/mol. The highest BCUT2D eigenvalue weighted by molar-refractivity contribution is 7.85. The van der Waals surface area contributed by atoms with Crippen molar-refractivity contribution in [2.75, 3.05) is 252 Å². The first kappa shape index (κ1) is 96.5. The van der Waals surface area contributed by atoms with Gasteiger partial charge >= 0.3 is 5.97 Å². The molecule has 2 saturated carbocycles. The van der Waals surface area contributed by atoms with Crippen molar-refractivity contribution in [1.82, 2.24) is 10.6 Å². The molecule has 4 aromatic carbocycles. The van der Waals surface area contributed by atoms with Crippen molar-refractivity contribution < 1.29 is 142 Å². The molecular weight excluding hydrogens is 1560 g/mol. The lowest BCUT2D eigenvalue weighted by molar-refractivity contribution is -0.645. The average molecular weight is 1690 g/mol. The van der Waals surface area contributed by atoms with Gasteiger partial charge in [0, 0.05) is 77.0 Å². The number of hydrogen-bond donors (Lipinski definition) is 4. The number of phenols is 1. The number of amides is 2. The second-order valence-corrected chi connectivity index (χ2v) is 30.5. The van der Waals surface area contributed by atoms with Crippen LogP contribution in [0.5, 0.6) is 23.0 Å². The number of aliphatic hydroxyl groups excluding tert-OH is 1. The fourth-order valence-electron chi connectivity index (χ4n) is 14.8. The van der Waals surface area contributed by atoms with Gasteiger partial charge in [-0.05, 0) is 134 Å². The summed E-state index contributed by atoms with van der Waals surface area (Å²) in [4.78, 5) is 47.5. The minimum Gasteiger partial charge on any atom is -0.748 e. The summed E-state index contributed by atoms with van der Waals surface area (Å²) in [5, 5.41) is 32.0. The Hall–Kier alpha value is -6.98. The van der Waals surface area contributed by atoms with E-state index in [-0.39, 0.29) is 146 Å². The third kappa shape index (κ3) is 32.4. The quantitative estimate of drug-likeness (QED) is 0.00660. The van der Waals surface area contributed by atoms with Crippen LogP contribution in [0.1, 0.15) is 94.3 Å². The predicted octanol–water partition coefficient (Wildman–Crippen LogP) is 6.00. The number of ether oxygens (including phenoxy) is 20. The number of aromatic hydroxyl groups is 1. The molecule has 3 aliphatic rings. The Morgan fingerprint density at radius 1 is 0.559 bits per heavy atom. The number of nitrogens with one attached hydrogen (secondary N) is 2. The summed E-state index contributed by atoms with van der Waals surface area (Å²) >= 11 is 0. The number of esters is 1. The highest BCUT2D eigenvalue weighted by Crippen LogP contribution is 2.61. The molecule has 0 aliphatic heterocycles. The summed E-state index contributed by atoms with van der Waals surface area (Å²) in [6.45, 7) is 14.6. The fourth-order valence-corrected chi connectivity index (χ4v) is 15.2. The summed E-state index contributed by atoms with van der Waals surface area (Å²) in [6, 6.07) is 18.9. The molecule has 1 heterocycles. The first-order valence-corrected chi connectivity index (χ1v) is 42.2. The maximum absolute atomic E-state index is 15.5. The number of rotatable bonds is 64. The molecule has 33 nitrogen and oxygen atoms in total. The van der Waals surface area contributed by atoms with Crippen LogP contribution in [-0.4, -0.2) is 317 Å². The molecule has 2 fully saturated rings. The Morgan fingerprint density at radius 3 is 1.46 bits per heavy atom. The molecule has 3 aliphatic carbocycles. The van der Waals surface area contributed by atoms with Crippen LogP contribution in [0.15, 0.2) is 71.9 Å². The first-order chi connectivity index (χ1) is 57.4. The number of nitrogens with zero attached hydrogens (tertiary/aromatic N) is 2. The maximum atomic E-state index is 15.5. The van der Waals surface area contributed by atoms with Gasteiger partial charge in [0.2, 0.25) is 11.0 Å². The molecule has 5 aromatic rings. The fraction of sp³-hybridized carbons (Fsp3) is 0.655. The number of aryl methyl sites for hydroxylation is 3. The van der Waals surface area contributed by atoms with E-state index >= 15 is 4.79 Å². The molecule has 1 aromatic heterocycles. The average Bonchev–Trinajstić information content (AvgIpc) is 1.41. The van der Waals surface area contributed by atoms with Gasteiger partial charge in [-0.15, -0.1) is 0 Å². The number of oxime groups is 1. The molecule has 4 N–H and O–H groups in total. The van der Waals surface area contributed by atoms with Gasteiger partial charge in [-0.25, -0.2) is 13.2 Å². The van der Waals surface area contributed by atoms with Crippen molar-refractivity contribution in [2.24, 2.45) is 22.4 Å². The van der Waals surface area contributed by atoms with Gasteiger partial charge in [0.25, 0.3) is 11.8 Å². The lowest BCUT2D eigenvalue weighted by Gasteiger charge is -2.50. The zero-order valence-corrected chi connectivity index (χ0v) is 70.3. The molecule has 0 saturated heterocycles. The molecule has 34 heteroatoms. The summed E-state index contributed by atoms with van der Waals surface area (Å²) in [5.74, 6) is -0.241. The minimum absolute atomic E-state index is 0.0288. The van der Waals surface area contributed by atoms with Crippen molar-refractivity contribution in [1.29, 1.82) is 0 Å². The van der Waals surface area contributed by atoms with Crippen molar-refractivity contribution in [3.63, 3.8) is 0 Å². The van der Waals surface area contributed by atoms with Crippen molar-refractivity contribution in [2.45, 2.75) is 90.1 Å². The van der Waals surface area contributed by atoms with Crippen LogP contribution in [0.25, 0.3) is 21.8 Å². The van der Waals surface area contributed by atoms with Gasteiger partial charge in [0.15, 0.2) is 13.2 Å². The van der Waals surface area contributed by atoms with Crippen molar-refractivity contribution in [3.8, 4) is 23.0 Å². The van der Waals surface area contributed by atoms with Crippen LogP contribution in [-0.2, 0) is 107 Å². The number of fused-ring (bicyclic) bond motifs is 7. The Labute approximate surface area is 692 Å². The molecule has 660 valence electrons. The number of carbonyl (C=O) groups excluding carboxylic acids is 3. The highest BCUT2D eigenvalue weighted by Gasteiger charge is 2.55. The standard InChI is InChI=1S/C84H124N4O29S/c1-60-49-62(82(92)86-20-23-102-33-35-108-37-39-109-38-36-107-34-32-101-22-19-85-79(91)59-114-87-75-54-70-69(68-12-9-63(89)51-71(68)75)17-18-84(3)74(70)13-16-78(84)90)50-61(2)81(60)117-83(93)80-72-52-64(115-66(55-110-44-40-103-28-24-97-4)56-111-45-41-104-29-25-98-5)10-14-76(72)88(21-8-48-118(94,95)96)77-15-11-65(53-73(77)80)116-67(57-112-46-42-105-30-26-99-6)58-113-47-43-106-31-27-100-7/h9-12,14-15,49-53,66-67,69-70,74,78,90H,8,13,16-48,54-59H2,1-7H3,(H3-,85,86,89,91,92,94,95,96). The molecule has 5 atom stereocenters. The van der Waals surface area contributed by atoms with Crippen molar-refractivity contribution >= 4 is 55.4 Å². The third-order valence-electron chi connectivity index (χ3n) is 20.5. The van der Waals surface area contributed by atoms with E-state index < -0.39 is 34.0 Å². The molecule has 2 amide bonds. The predicted molar refractivity (Wildman–Crippen MR) is 432 cm³/mol. The minimum atomic E-state index is -4.64. The van der Waals surface area contributed by atoms with E-state index in [1.54, 1.807) is 103 Å². The first-order valence-electron chi connectivity index (χ1n) is 40.6. The van der Waals surface area contributed by atoms with Crippen LogP contribution >= 0.6 is 0 Å². The molecule has 8 rings (SSSR count). The SMILES string of the molecule is COCCOCCOCC(COCCOCCOC)Oc1ccc2c(c1)c(C(=O)Oc1c(C)cc(C(=O)NCCOCCOCCOCCOCCOCCNC(=O)CON=C3CC4C(CCC5(C)C(O)CCC45)c4ccc(O)cc43)cc1C)c1cc(OC(COCCOCCOC)COCCOCCOC)ccc1[n+]2CCCS(=O)(=O)[O-]. The zero-order chi connectivity index (χ0) is 84.2.